The maximum atomic E-state index is 12.7. The van der Waals surface area contributed by atoms with Gasteiger partial charge in [0.15, 0.2) is 6.73 Å². The predicted molar refractivity (Wildman–Crippen MR) is 162 cm³/mol. The highest BCUT2D eigenvalue weighted by molar-refractivity contribution is 7.17. The van der Waals surface area contributed by atoms with Crippen LogP contribution in [0.25, 0.3) is 10.1 Å². The largest absolute Gasteiger partial charge is 0.494 e. The Balaban J connectivity index is 0.952. The monoisotopic (exact) mass is 575 g/mol. The van der Waals surface area contributed by atoms with Gasteiger partial charge in [-0.15, -0.1) is 11.3 Å². The van der Waals surface area contributed by atoms with Crippen LogP contribution in [0.2, 0.25) is 0 Å². The maximum Gasteiger partial charge on any atom is 0.340 e. The minimum atomic E-state index is -0.421. The Bertz CT molecular complexity index is 1460. The Morgan fingerprint density at radius 2 is 1.82 bits per heavy atom. The predicted octanol–water partition coefficient (Wildman–Crippen LogP) is 6.04. The van der Waals surface area contributed by atoms with Crippen molar-refractivity contribution in [3.8, 4) is 5.75 Å². The summed E-state index contributed by atoms with van der Waals surface area (Å²) in [6.07, 6.45) is 3.13. The number of hydrogen-bond donors (Lipinski definition) is 0. The molecule has 0 spiro atoms. The van der Waals surface area contributed by atoms with Crippen LogP contribution in [0.5, 0.6) is 5.75 Å². The lowest BCUT2D eigenvalue weighted by atomic mass is 10.0. The van der Waals surface area contributed by atoms with E-state index in [0.29, 0.717) is 25.0 Å². The van der Waals surface area contributed by atoms with Crippen molar-refractivity contribution in [2.45, 2.75) is 25.7 Å². The summed E-state index contributed by atoms with van der Waals surface area (Å²) in [7, 11) is 0. The van der Waals surface area contributed by atoms with Gasteiger partial charge in [-0.3, -0.25) is 14.6 Å². The molecule has 4 heterocycles. The molecule has 40 heavy (non-hydrogen) atoms. The third-order valence-corrected chi connectivity index (χ3v) is 9.23. The summed E-state index contributed by atoms with van der Waals surface area (Å²) < 4.78 is 12.9. The first-order valence-corrected chi connectivity index (χ1v) is 15.7. The number of amides is 1. The molecule has 1 fully saturated rings. The number of unbranched alkanes of at least 4 members (excludes halogenated alkanes) is 1. The lowest BCUT2D eigenvalue weighted by molar-refractivity contribution is -0.119. The Morgan fingerprint density at radius 1 is 0.925 bits per heavy atom. The molecule has 0 atom stereocenters. The molecule has 0 bridgehead atoms. The molecule has 2 aromatic carbocycles. The second kappa shape index (κ2) is 12.4. The molecular weight excluding hydrogens is 542 g/mol. The van der Waals surface area contributed by atoms with E-state index in [4.69, 9.17) is 9.47 Å². The van der Waals surface area contributed by atoms with Crippen molar-refractivity contribution in [3.05, 3.63) is 75.8 Å². The van der Waals surface area contributed by atoms with Crippen LogP contribution in [0.4, 0.5) is 11.4 Å². The van der Waals surface area contributed by atoms with Crippen LogP contribution in [0.15, 0.2) is 64.7 Å². The van der Waals surface area contributed by atoms with Crippen molar-refractivity contribution in [2.24, 2.45) is 0 Å². The topological polar surface area (TPSA) is 62.3 Å². The summed E-state index contributed by atoms with van der Waals surface area (Å²) in [5.74, 6) is 0.267. The standard InChI is InChI=1S/C31H33N3O4S2/c35-30-9-7-23-6-8-25(20-28(23)34(30)22-38-31(36)24-10-18-39-21-24)37-17-2-1-12-32-13-15-33(16-14-32)27-4-3-5-29-26(27)11-19-40-29/h3-6,8,10-11,18-21H,1-2,7,9,12-17,22H2. The summed E-state index contributed by atoms with van der Waals surface area (Å²) in [6.45, 7) is 5.86. The van der Waals surface area contributed by atoms with E-state index in [1.165, 1.54) is 27.1 Å². The van der Waals surface area contributed by atoms with Gasteiger partial charge in [-0.05, 0) is 72.5 Å². The first-order chi connectivity index (χ1) is 19.7. The zero-order valence-corrected chi connectivity index (χ0v) is 24.1. The Hall–Kier alpha value is -3.40. The van der Waals surface area contributed by atoms with Gasteiger partial charge in [0, 0.05) is 59.8 Å². The first-order valence-electron chi connectivity index (χ1n) is 13.8. The van der Waals surface area contributed by atoms with Crippen LogP contribution in [0.1, 0.15) is 35.2 Å². The van der Waals surface area contributed by atoms with Crippen LogP contribution in [0, 0.1) is 0 Å². The smallest absolute Gasteiger partial charge is 0.340 e. The van der Waals surface area contributed by atoms with Gasteiger partial charge in [0.2, 0.25) is 5.91 Å². The fourth-order valence-electron chi connectivity index (χ4n) is 5.43. The van der Waals surface area contributed by atoms with Crippen LogP contribution in [-0.2, 0) is 16.0 Å². The molecule has 1 amide bonds. The summed E-state index contributed by atoms with van der Waals surface area (Å²) >= 11 is 3.24. The molecule has 0 aliphatic carbocycles. The zero-order chi connectivity index (χ0) is 27.3. The van der Waals surface area contributed by atoms with Gasteiger partial charge in [0.25, 0.3) is 0 Å². The minimum Gasteiger partial charge on any atom is -0.494 e. The summed E-state index contributed by atoms with van der Waals surface area (Å²) in [5.41, 5.74) is 3.69. The lowest BCUT2D eigenvalue weighted by Crippen LogP contribution is -2.46. The molecular formula is C31H33N3O4S2. The zero-order valence-electron chi connectivity index (χ0n) is 22.4. The highest BCUT2D eigenvalue weighted by Gasteiger charge is 2.26. The molecule has 208 valence electrons. The quantitative estimate of drug-likeness (QED) is 0.170. The molecule has 1 saturated heterocycles. The molecule has 0 unspecified atom stereocenters. The van der Waals surface area contributed by atoms with E-state index >= 15 is 0 Å². The van der Waals surface area contributed by atoms with Crippen LogP contribution in [-0.4, -0.2) is 62.8 Å². The molecule has 7 nitrogen and oxygen atoms in total. The number of hydrogen-bond acceptors (Lipinski definition) is 8. The number of carbonyl (C=O) groups is 2. The number of carbonyl (C=O) groups excluding carboxylic acids is 2. The normalized spacial score (nSPS) is 15.8. The average molecular weight is 576 g/mol. The molecule has 4 aromatic rings. The van der Waals surface area contributed by atoms with Crippen molar-refractivity contribution in [3.63, 3.8) is 0 Å². The van der Waals surface area contributed by atoms with Gasteiger partial charge in [-0.1, -0.05) is 12.1 Å². The van der Waals surface area contributed by atoms with E-state index in [1.807, 2.05) is 23.6 Å². The Kier molecular flexibility index (Phi) is 8.32. The second-order valence-corrected chi connectivity index (χ2v) is 11.9. The van der Waals surface area contributed by atoms with Crippen LogP contribution >= 0.6 is 22.7 Å². The van der Waals surface area contributed by atoms with Gasteiger partial charge >= 0.3 is 5.97 Å². The van der Waals surface area contributed by atoms with Gasteiger partial charge in [0.1, 0.15) is 5.75 Å². The number of benzene rings is 2. The van der Waals surface area contributed by atoms with E-state index in [2.05, 4.69) is 39.4 Å². The van der Waals surface area contributed by atoms with E-state index in [1.54, 1.807) is 27.7 Å². The van der Waals surface area contributed by atoms with E-state index in [0.717, 1.165) is 62.6 Å². The molecule has 0 saturated carbocycles. The lowest BCUT2D eigenvalue weighted by Gasteiger charge is -2.36. The number of nitrogens with zero attached hydrogens (tertiary/aromatic N) is 3. The molecule has 0 radical (unpaired) electrons. The van der Waals surface area contributed by atoms with Crippen LogP contribution < -0.4 is 14.5 Å². The number of ether oxygens (including phenoxy) is 2. The van der Waals surface area contributed by atoms with Gasteiger partial charge in [-0.2, -0.15) is 11.3 Å². The summed E-state index contributed by atoms with van der Waals surface area (Å²) in [5, 5.41) is 7.12. The van der Waals surface area contributed by atoms with Crippen molar-refractivity contribution in [1.82, 2.24) is 4.90 Å². The minimum absolute atomic E-state index is 0.0464. The number of thiophene rings is 2. The highest BCUT2D eigenvalue weighted by Crippen LogP contribution is 2.33. The van der Waals surface area contributed by atoms with E-state index in [-0.39, 0.29) is 12.6 Å². The van der Waals surface area contributed by atoms with Gasteiger partial charge < -0.3 is 14.4 Å². The molecule has 9 heteroatoms. The van der Waals surface area contributed by atoms with Gasteiger partial charge in [-0.25, -0.2) is 4.79 Å². The summed E-state index contributed by atoms with van der Waals surface area (Å²) in [6, 6.07) is 16.5. The third-order valence-electron chi connectivity index (χ3n) is 7.66. The van der Waals surface area contributed by atoms with Gasteiger partial charge in [0.05, 0.1) is 17.9 Å². The summed E-state index contributed by atoms with van der Waals surface area (Å²) in [4.78, 5) is 31.5. The highest BCUT2D eigenvalue weighted by atomic mass is 32.1. The maximum absolute atomic E-state index is 12.7. The van der Waals surface area contributed by atoms with Crippen molar-refractivity contribution < 1.29 is 19.1 Å². The van der Waals surface area contributed by atoms with E-state index in [9.17, 15) is 9.59 Å². The molecule has 0 N–H and O–H groups in total. The number of anilines is 2. The SMILES string of the molecule is O=C(OCN1C(=O)CCc2ccc(OCCCCN3CCN(c4cccc5sccc45)CC3)cc21)c1ccsc1. The molecule has 6 rings (SSSR count). The second-order valence-electron chi connectivity index (χ2n) is 10.2. The van der Waals surface area contributed by atoms with Crippen molar-refractivity contribution >= 4 is 56.0 Å². The molecule has 2 aliphatic rings. The van der Waals surface area contributed by atoms with Crippen LogP contribution in [0.3, 0.4) is 0 Å². The fraction of sp³-hybridized carbons (Fsp3) is 0.355. The number of fused-ring (bicyclic) bond motifs is 2. The third kappa shape index (κ3) is 6.01. The molecule has 2 aliphatic heterocycles. The Labute approximate surface area is 242 Å². The van der Waals surface area contributed by atoms with Crippen molar-refractivity contribution in [1.29, 1.82) is 0 Å². The fourth-order valence-corrected chi connectivity index (χ4v) is 6.86. The number of aryl methyl sites for hydroxylation is 1. The van der Waals surface area contributed by atoms with E-state index < -0.39 is 5.97 Å². The number of rotatable bonds is 10. The molecule has 2 aromatic heterocycles. The van der Waals surface area contributed by atoms with Crippen molar-refractivity contribution in [2.75, 3.05) is 55.9 Å². The number of esters is 1. The number of piperazine rings is 1. The first kappa shape index (κ1) is 26.8. The Morgan fingerprint density at radius 3 is 2.67 bits per heavy atom. The average Bonchev–Trinajstić information content (AvgIpc) is 3.70.